The van der Waals surface area contributed by atoms with Crippen molar-refractivity contribution in [3.8, 4) is 5.75 Å². The van der Waals surface area contributed by atoms with Gasteiger partial charge in [-0.25, -0.2) is 8.96 Å². The molecule has 4 heterocycles. The highest BCUT2D eigenvalue weighted by Gasteiger charge is 2.58. The number of aliphatic hydroxyl groups is 1. The van der Waals surface area contributed by atoms with Crippen LogP contribution < -0.4 is 30.5 Å². The second-order valence-corrected chi connectivity index (χ2v) is 11.6. The Morgan fingerprint density at radius 1 is 1.35 bits per heavy atom. The zero-order valence-electron chi connectivity index (χ0n) is 22.3. The normalized spacial score (nSPS) is 27.8. The fourth-order valence-corrected chi connectivity index (χ4v) is 6.25. The number of anilines is 4. The molecule has 3 aliphatic heterocycles. The molecule has 0 spiro atoms. The molecule has 0 aliphatic carbocycles. The number of fused-ring (bicyclic) bond motifs is 1. The standard InChI is InChI=1S/C24H33FN7O7P/c1-14(21(34)36-3)30-40(35,39-15-8-5-4-6-9-15)37-12-16-18(33)24(2,25)22(38-16)32-13-27-17-19(31-10-7-11-31)28-23(26)29-20(17)32/h4-6,8-9,14,16,18,22,27,33H,7,10-13H2,1-3H3,(H,30,35)(H2,26,28,29)/t14-,16+,18+,22+,24+,40?/m0/s1. The summed E-state index contributed by atoms with van der Waals surface area (Å²) in [7, 11) is -3.05. The summed E-state index contributed by atoms with van der Waals surface area (Å²) in [5.41, 5.74) is 4.28. The Morgan fingerprint density at radius 2 is 2.05 bits per heavy atom. The van der Waals surface area contributed by atoms with Crippen LogP contribution in [0.3, 0.4) is 0 Å². The van der Waals surface area contributed by atoms with Gasteiger partial charge in [-0.2, -0.15) is 15.1 Å². The van der Waals surface area contributed by atoms with Crippen molar-refractivity contribution in [3.63, 3.8) is 0 Å². The van der Waals surface area contributed by atoms with E-state index in [4.69, 9.17) is 24.3 Å². The molecule has 1 unspecified atom stereocenters. The van der Waals surface area contributed by atoms with Gasteiger partial charge in [-0.1, -0.05) is 18.2 Å². The number of aliphatic hydroxyl groups excluding tert-OH is 1. The topological polar surface area (TPSA) is 174 Å². The smallest absolute Gasteiger partial charge is 0.459 e. The molecule has 0 saturated carbocycles. The summed E-state index contributed by atoms with van der Waals surface area (Å²) in [6, 6.07) is 7.11. The van der Waals surface area contributed by atoms with E-state index >= 15 is 4.39 Å². The van der Waals surface area contributed by atoms with Gasteiger partial charge in [0.05, 0.1) is 20.4 Å². The van der Waals surface area contributed by atoms with Gasteiger partial charge in [-0.05, 0) is 32.4 Å². The number of nitrogens with zero attached hydrogens (tertiary/aromatic N) is 4. The Bertz CT molecular complexity index is 1290. The molecule has 2 aromatic rings. The van der Waals surface area contributed by atoms with Crippen LogP contribution in [0, 0.1) is 0 Å². The summed E-state index contributed by atoms with van der Waals surface area (Å²) in [4.78, 5) is 24.2. The third-order valence-electron chi connectivity index (χ3n) is 7.03. The van der Waals surface area contributed by atoms with Crippen molar-refractivity contribution >= 4 is 37.0 Å². The first-order valence-corrected chi connectivity index (χ1v) is 14.4. The zero-order chi connectivity index (χ0) is 28.7. The molecule has 218 valence electrons. The van der Waals surface area contributed by atoms with E-state index in [9.17, 15) is 14.5 Å². The van der Waals surface area contributed by atoms with Crippen LogP contribution in [0.2, 0.25) is 0 Å². The molecule has 1 aromatic carbocycles. The molecule has 5 N–H and O–H groups in total. The molecule has 0 bridgehead atoms. The van der Waals surface area contributed by atoms with Gasteiger partial charge in [0, 0.05) is 13.1 Å². The molecule has 1 aromatic heterocycles. The Hall–Kier alpha value is -3.23. The maximum atomic E-state index is 16.1. The molecule has 0 radical (unpaired) electrons. The van der Waals surface area contributed by atoms with E-state index in [1.165, 1.54) is 25.9 Å². The van der Waals surface area contributed by atoms with Crippen LogP contribution in [0.25, 0.3) is 0 Å². The summed E-state index contributed by atoms with van der Waals surface area (Å²) in [6.07, 6.45) is -3.19. The van der Waals surface area contributed by atoms with Crippen molar-refractivity contribution in [2.45, 2.75) is 50.4 Å². The van der Waals surface area contributed by atoms with Crippen LogP contribution in [-0.4, -0.2) is 84.7 Å². The number of alkyl halides is 1. The number of nitrogens with one attached hydrogen (secondary N) is 2. The number of methoxy groups -OCH3 is 1. The predicted octanol–water partition coefficient (Wildman–Crippen LogP) is 1.63. The second kappa shape index (κ2) is 11.0. The Morgan fingerprint density at radius 3 is 2.70 bits per heavy atom. The fourth-order valence-electron chi connectivity index (χ4n) is 4.75. The molecule has 5 rings (SSSR count). The monoisotopic (exact) mass is 581 g/mol. The van der Waals surface area contributed by atoms with Crippen LogP contribution in [0.4, 0.5) is 27.7 Å². The van der Waals surface area contributed by atoms with Crippen LogP contribution in [0.5, 0.6) is 5.75 Å². The van der Waals surface area contributed by atoms with Crippen molar-refractivity contribution in [3.05, 3.63) is 30.3 Å². The van der Waals surface area contributed by atoms with E-state index in [1.807, 2.05) is 4.90 Å². The molecule has 16 heteroatoms. The minimum Gasteiger partial charge on any atom is -0.468 e. The van der Waals surface area contributed by atoms with E-state index in [2.05, 4.69) is 20.4 Å². The number of hydrogen-bond donors (Lipinski definition) is 4. The number of carbonyl (C=O) groups excluding carboxylic acids is 1. The van der Waals surface area contributed by atoms with E-state index in [0.29, 0.717) is 17.3 Å². The number of halogens is 1. The minimum absolute atomic E-state index is 0.0261. The average molecular weight is 582 g/mol. The first-order chi connectivity index (χ1) is 19.0. The lowest BCUT2D eigenvalue weighted by atomic mass is 9.98. The third-order valence-corrected chi connectivity index (χ3v) is 8.67. The molecule has 0 amide bonds. The van der Waals surface area contributed by atoms with E-state index in [-0.39, 0.29) is 18.4 Å². The van der Waals surface area contributed by atoms with Crippen LogP contribution >= 0.6 is 7.75 Å². The molecule has 40 heavy (non-hydrogen) atoms. The summed E-state index contributed by atoms with van der Waals surface area (Å²) >= 11 is 0. The highest BCUT2D eigenvalue weighted by Crippen LogP contribution is 2.48. The van der Waals surface area contributed by atoms with E-state index < -0.39 is 50.5 Å². The maximum Gasteiger partial charge on any atom is 0.459 e. The number of ether oxygens (including phenoxy) is 2. The number of rotatable bonds is 10. The lowest BCUT2D eigenvalue weighted by Gasteiger charge is -2.34. The van der Waals surface area contributed by atoms with Crippen LogP contribution in [0.1, 0.15) is 20.3 Å². The Kier molecular flexibility index (Phi) is 7.77. The summed E-state index contributed by atoms with van der Waals surface area (Å²) in [5, 5.41) is 16.6. The SMILES string of the molecule is COC(=O)[C@H](C)NP(=O)(OC[C@H]1O[C@@H](N2CNc3c(N4CCC4)nc(N)nc32)[C@](C)(F)[C@@H]1O)Oc1ccccc1. The average Bonchev–Trinajstić information content (AvgIpc) is 3.39. The van der Waals surface area contributed by atoms with Crippen molar-refractivity contribution in [1.29, 1.82) is 0 Å². The van der Waals surface area contributed by atoms with Gasteiger partial charge < -0.3 is 40.0 Å². The number of aromatic nitrogens is 2. The number of esters is 1. The van der Waals surface area contributed by atoms with Crippen molar-refractivity contribution in [2.24, 2.45) is 0 Å². The summed E-state index contributed by atoms with van der Waals surface area (Å²) in [6.45, 7) is 3.87. The van der Waals surface area contributed by atoms with Crippen molar-refractivity contribution < 1.29 is 37.4 Å². The van der Waals surface area contributed by atoms with Gasteiger partial charge in [0.15, 0.2) is 23.5 Å². The van der Waals surface area contributed by atoms with Gasteiger partial charge in [-0.15, -0.1) is 0 Å². The minimum atomic E-state index is -4.24. The first-order valence-electron chi connectivity index (χ1n) is 12.8. The van der Waals surface area contributed by atoms with Gasteiger partial charge >= 0.3 is 13.7 Å². The Labute approximate surface area is 230 Å². The molecule has 6 atom stereocenters. The van der Waals surface area contributed by atoms with Crippen LogP contribution in [-0.2, 0) is 23.4 Å². The van der Waals surface area contributed by atoms with Gasteiger partial charge in [0.1, 0.15) is 29.7 Å². The van der Waals surface area contributed by atoms with Crippen LogP contribution in [0.15, 0.2) is 30.3 Å². The summed E-state index contributed by atoms with van der Waals surface area (Å²) in [5.74, 6) is 0.501. The largest absolute Gasteiger partial charge is 0.468 e. The zero-order valence-corrected chi connectivity index (χ0v) is 23.2. The lowest BCUT2D eigenvalue weighted by Crippen LogP contribution is -2.50. The van der Waals surface area contributed by atoms with Gasteiger partial charge in [0.25, 0.3) is 0 Å². The lowest BCUT2D eigenvalue weighted by molar-refractivity contribution is -0.142. The highest BCUT2D eigenvalue weighted by atomic mass is 31.2. The summed E-state index contributed by atoms with van der Waals surface area (Å²) < 4.78 is 51.6. The predicted molar refractivity (Wildman–Crippen MR) is 144 cm³/mol. The van der Waals surface area contributed by atoms with Gasteiger partial charge in [-0.3, -0.25) is 9.32 Å². The van der Waals surface area contributed by atoms with Gasteiger partial charge in [0.2, 0.25) is 5.95 Å². The third kappa shape index (κ3) is 5.39. The number of hydrogen-bond acceptors (Lipinski definition) is 13. The second-order valence-electron chi connectivity index (χ2n) is 9.94. The number of carbonyl (C=O) groups is 1. The number of benzene rings is 1. The maximum absolute atomic E-state index is 16.1. The fraction of sp³-hybridized carbons (Fsp3) is 0.542. The molecule has 2 fully saturated rings. The number of nitrogens with two attached hydrogens (primary N) is 1. The first kappa shape index (κ1) is 28.3. The molecule has 2 saturated heterocycles. The molecular formula is C24H33FN7O7P. The van der Waals surface area contributed by atoms with E-state index in [1.54, 1.807) is 30.3 Å². The van der Waals surface area contributed by atoms with E-state index in [0.717, 1.165) is 19.5 Å². The number of nitrogen functional groups attached to an aromatic ring is 1. The Balaban J connectivity index is 1.34. The van der Waals surface area contributed by atoms with Crippen molar-refractivity contribution in [2.75, 3.05) is 54.3 Å². The molecule has 14 nitrogen and oxygen atoms in total. The highest BCUT2D eigenvalue weighted by molar-refractivity contribution is 7.52. The number of para-hydroxylation sites is 1. The quantitative estimate of drug-likeness (QED) is 0.235. The molecule has 3 aliphatic rings. The molecular weight excluding hydrogens is 548 g/mol. The van der Waals surface area contributed by atoms with Crippen molar-refractivity contribution in [1.82, 2.24) is 15.1 Å².